The van der Waals surface area contributed by atoms with Gasteiger partial charge in [-0.25, -0.2) is 0 Å². The third-order valence-electron chi connectivity index (χ3n) is 2.37. The van der Waals surface area contributed by atoms with Crippen LogP contribution in [0, 0.1) is 6.92 Å². The summed E-state index contributed by atoms with van der Waals surface area (Å²) in [6, 6.07) is 6.16. The predicted molar refractivity (Wildman–Crippen MR) is 64.8 cm³/mol. The summed E-state index contributed by atoms with van der Waals surface area (Å²) in [6.07, 6.45) is 0. The third kappa shape index (κ3) is 3.93. The molecule has 0 aliphatic heterocycles. The maximum Gasteiger partial charge on any atom is 0.162 e. The smallest absolute Gasteiger partial charge is 0.162 e. The van der Waals surface area contributed by atoms with Crippen LogP contribution in [0.5, 0.6) is 0 Å². The van der Waals surface area contributed by atoms with Crippen LogP contribution in [0.3, 0.4) is 0 Å². The summed E-state index contributed by atoms with van der Waals surface area (Å²) in [5.74, 6) is -0.528. The SMILES string of the molecule is COC(C)(C)OCc1ccc(Br)cc1C. The van der Waals surface area contributed by atoms with E-state index in [0.717, 1.165) is 4.47 Å². The summed E-state index contributed by atoms with van der Waals surface area (Å²) >= 11 is 3.44. The Kier molecular flexibility index (Phi) is 4.32. The molecule has 0 bridgehead atoms. The van der Waals surface area contributed by atoms with Crippen LogP contribution in [-0.4, -0.2) is 12.9 Å². The first-order chi connectivity index (χ1) is 6.94. The highest BCUT2D eigenvalue weighted by molar-refractivity contribution is 9.10. The molecule has 0 aliphatic carbocycles. The average molecular weight is 273 g/mol. The van der Waals surface area contributed by atoms with Crippen molar-refractivity contribution >= 4 is 15.9 Å². The summed E-state index contributed by atoms with van der Waals surface area (Å²) < 4.78 is 11.9. The van der Waals surface area contributed by atoms with Gasteiger partial charge < -0.3 is 9.47 Å². The quantitative estimate of drug-likeness (QED) is 0.779. The Hall–Kier alpha value is -0.380. The minimum absolute atomic E-state index is 0.528. The van der Waals surface area contributed by atoms with Crippen molar-refractivity contribution in [3.63, 3.8) is 0 Å². The van der Waals surface area contributed by atoms with Crippen LogP contribution in [0.25, 0.3) is 0 Å². The predicted octanol–water partition coefficient (Wildman–Crippen LogP) is 3.66. The third-order valence-corrected chi connectivity index (χ3v) is 2.86. The van der Waals surface area contributed by atoms with Crippen LogP contribution < -0.4 is 0 Å². The van der Waals surface area contributed by atoms with Gasteiger partial charge in [-0.05, 0) is 44.0 Å². The summed E-state index contributed by atoms with van der Waals surface area (Å²) in [5.41, 5.74) is 2.40. The van der Waals surface area contributed by atoms with Crippen LogP contribution in [0.4, 0.5) is 0 Å². The van der Waals surface area contributed by atoms with Gasteiger partial charge in [0.15, 0.2) is 5.79 Å². The van der Waals surface area contributed by atoms with Crippen molar-refractivity contribution in [3.8, 4) is 0 Å². The normalized spacial score (nSPS) is 11.8. The lowest BCUT2D eigenvalue weighted by molar-refractivity contribution is -0.204. The van der Waals surface area contributed by atoms with E-state index in [0.29, 0.717) is 6.61 Å². The highest BCUT2D eigenvalue weighted by Gasteiger charge is 2.16. The Balaban J connectivity index is 2.66. The largest absolute Gasteiger partial charge is 0.354 e. The Morgan fingerprint density at radius 1 is 1.33 bits per heavy atom. The van der Waals surface area contributed by atoms with Crippen molar-refractivity contribution in [2.45, 2.75) is 33.2 Å². The second-order valence-electron chi connectivity index (χ2n) is 3.96. The maximum absolute atomic E-state index is 5.65. The van der Waals surface area contributed by atoms with E-state index in [1.165, 1.54) is 11.1 Å². The van der Waals surface area contributed by atoms with Crippen LogP contribution in [0.2, 0.25) is 0 Å². The van der Waals surface area contributed by atoms with E-state index in [1.54, 1.807) is 7.11 Å². The van der Waals surface area contributed by atoms with E-state index in [-0.39, 0.29) is 0 Å². The molecule has 0 aromatic heterocycles. The molecular formula is C12H17BrO2. The molecule has 1 aromatic carbocycles. The molecule has 0 unspecified atom stereocenters. The lowest BCUT2D eigenvalue weighted by atomic mass is 10.1. The first kappa shape index (κ1) is 12.7. The number of ether oxygens (including phenoxy) is 2. The van der Waals surface area contributed by atoms with Crippen LogP contribution in [0.15, 0.2) is 22.7 Å². The van der Waals surface area contributed by atoms with E-state index < -0.39 is 5.79 Å². The number of hydrogen-bond acceptors (Lipinski definition) is 2. The summed E-state index contributed by atoms with van der Waals surface area (Å²) in [4.78, 5) is 0. The van der Waals surface area contributed by atoms with Crippen molar-refractivity contribution in [1.29, 1.82) is 0 Å². The molecule has 0 heterocycles. The van der Waals surface area contributed by atoms with E-state index in [4.69, 9.17) is 9.47 Å². The number of halogens is 1. The number of aryl methyl sites for hydroxylation is 1. The topological polar surface area (TPSA) is 18.5 Å². The molecule has 0 spiro atoms. The molecule has 84 valence electrons. The summed E-state index contributed by atoms with van der Waals surface area (Å²) in [6.45, 7) is 6.45. The van der Waals surface area contributed by atoms with Crippen LogP contribution >= 0.6 is 15.9 Å². The van der Waals surface area contributed by atoms with Gasteiger partial charge in [0.2, 0.25) is 0 Å². The van der Waals surface area contributed by atoms with Gasteiger partial charge in [-0.1, -0.05) is 22.0 Å². The molecule has 2 nitrogen and oxygen atoms in total. The second-order valence-corrected chi connectivity index (χ2v) is 4.88. The Morgan fingerprint density at radius 3 is 2.53 bits per heavy atom. The molecule has 0 fully saturated rings. The Bertz CT molecular complexity index is 334. The number of benzene rings is 1. The first-order valence-electron chi connectivity index (χ1n) is 4.89. The van der Waals surface area contributed by atoms with Crippen LogP contribution in [-0.2, 0) is 16.1 Å². The fourth-order valence-electron chi connectivity index (χ4n) is 1.13. The molecule has 0 aliphatic rings. The van der Waals surface area contributed by atoms with Gasteiger partial charge in [-0.2, -0.15) is 0 Å². The van der Waals surface area contributed by atoms with Gasteiger partial charge in [0.1, 0.15) is 0 Å². The van der Waals surface area contributed by atoms with Crippen molar-refractivity contribution in [2.24, 2.45) is 0 Å². The van der Waals surface area contributed by atoms with E-state index in [9.17, 15) is 0 Å². The van der Waals surface area contributed by atoms with E-state index in [2.05, 4.69) is 35.0 Å². The lowest BCUT2D eigenvalue weighted by Crippen LogP contribution is -2.26. The molecule has 0 atom stereocenters. The maximum atomic E-state index is 5.65. The first-order valence-corrected chi connectivity index (χ1v) is 5.68. The summed E-state index contributed by atoms with van der Waals surface area (Å²) in [5, 5.41) is 0. The molecule has 0 radical (unpaired) electrons. The molecule has 0 amide bonds. The molecule has 15 heavy (non-hydrogen) atoms. The van der Waals surface area contributed by atoms with Crippen molar-refractivity contribution in [1.82, 2.24) is 0 Å². The molecule has 0 saturated carbocycles. The molecule has 1 rings (SSSR count). The van der Waals surface area contributed by atoms with Crippen molar-refractivity contribution < 1.29 is 9.47 Å². The minimum atomic E-state index is -0.528. The molecule has 0 saturated heterocycles. The average Bonchev–Trinajstić information content (AvgIpc) is 2.16. The standard InChI is InChI=1S/C12H17BrO2/c1-9-7-11(13)6-5-10(9)8-15-12(2,3)14-4/h5-7H,8H2,1-4H3. The molecule has 0 N–H and O–H groups in total. The second kappa shape index (κ2) is 5.10. The zero-order chi connectivity index (χ0) is 11.5. The molecule has 3 heteroatoms. The van der Waals surface area contributed by atoms with Gasteiger partial charge in [-0.3, -0.25) is 0 Å². The van der Waals surface area contributed by atoms with Gasteiger partial charge in [0, 0.05) is 11.6 Å². The number of methoxy groups -OCH3 is 1. The van der Waals surface area contributed by atoms with Gasteiger partial charge in [0.05, 0.1) is 6.61 Å². The lowest BCUT2D eigenvalue weighted by Gasteiger charge is -2.23. The highest BCUT2D eigenvalue weighted by atomic mass is 79.9. The minimum Gasteiger partial charge on any atom is -0.354 e. The fourth-order valence-corrected chi connectivity index (χ4v) is 1.61. The van der Waals surface area contributed by atoms with E-state index >= 15 is 0 Å². The zero-order valence-electron chi connectivity index (χ0n) is 9.63. The molecule has 1 aromatic rings. The zero-order valence-corrected chi connectivity index (χ0v) is 11.2. The Morgan fingerprint density at radius 2 is 2.00 bits per heavy atom. The monoisotopic (exact) mass is 272 g/mol. The number of rotatable bonds is 4. The van der Waals surface area contributed by atoms with E-state index in [1.807, 2.05) is 19.9 Å². The summed E-state index contributed by atoms with van der Waals surface area (Å²) in [7, 11) is 1.65. The van der Waals surface area contributed by atoms with Gasteiger partial charge in [-0.15, -0.1) is 0 Å². The van der Waals surface area contributed by atoms with Crippen LogP contribution in [0.1, 0.15) is 25.0 Å². The number of hydrogen-bond donors (Lipinski definition) is 0. The Labute approximate surface area is 99.7 Å². The molecular weight excluding hydrogens is 256 g/mol. The van der Waals surface area contributed by atoms with Gasteiger partial charge >= 0.3 is 0 Å². The van der Waals surface area contributed by atoms with Gasteiger partial charge in [0.25, 0.3) is 0 Å². The van der Waals surface area contributed by atoms with Crippen molar-refractivity contribution in [3.05, 3.63) is 33.8 Å². The highest BCUT2D eigenvalue weighted by Crippen LogP contribution is 2.19. The van der Waals surface area contributed by atoms with Crippen molar-refractivity contribution in [2.75, 3.05) is 7.11 Å². The fraction of sp³-hybridized carbons (Fsp3) is 0.500.